The first-order valence-electron chi connectivity index (χ1n) is 6.39. The zero-order chi connectivity index (χ0) is 14.4. The highest BCUT2D eigenvalue weighted by Gasteiger charge is 2.21. The van der Waals surface area contributed by atoms with Crippen molar-refractivity contribution in [1.29, 1.82) is 0 Å². The number of amides is 1. The quantitative estimate of drug-likeness (QED) is 0.783. The van der Waals surface area contributed by atoms with E-state index in [1.807, 2.05) is 6.92 Å². The Morgan fingerprint density at radius 3 is 2.58 bits per heavy atom. The summed E-state index contributed by atoms with van der Waals surface area (Å²) in [6.45, 7) is 5.46. The van der Waals surface area contributed by atoms with Crippen molar-refractivity contribution in [2.75, 3.05) is 0 Å². The Hall–Kier alpha value is -1.85. The van der Waals surface area contributed by atoms with Crippen LogP contribution in [0.5, 0.6) is 0 Å². The van der Waals surface area contributed by atoms with Crippen molar-refractivity contribution >= 4 is 11.9 Å². The molecule has 0 aliphatic heterocycles. The van der Waals surface area contributed by atoms with E-state index >= 15 is 0 Å². The lowest BCUT2D eigenvalue weighted by Gasteiger charge is -2.13. The predicted molar refractivity (Wildman–Crippen MR) is 68.8 cm³/mol. The molecule has 0 saturated carbocycles. The van der Waals surface area contributed by atoms with E-state index < -0.39 is 12.0 Å². The summed E-state index contributed by atoms with van der Waals surface area (Å²) in [6.07, 6.45) is 2.20. The number of nitrogens with zero attached hydrogens (tertiary/aromatic N) is 1. The minimum atomic E-state index is -0.999. The van der Waals surface area contributed by atoms with Gasteiger partial charge >= 0.3 is 5.97 Å². The van der Waals surface area contributed by atoms with Crippen molar-refractivity contribution in [2.45, 2.75) is 52.5 Å². The van der Waals surface area contributed by atoms with Crippen LogP contribution in [0.25, 0.3) is 0 Å². The predicted octanol–water partition coefficient (Wildman–Crippen LogP) is 1.59. The summed E-state index contributed by atoms with van der Waals surface area (Å²) in [7, 11) is 0. The van der Waals surface area contributed by atoms with E-state index in [-0.39, 0.29) is 12.3 Å². The largest absolute Gasteiger partial charge is 0.480 e. The standard InChI is InChI=1S/C13H20N2O4/c1-4-5-6-11(13(17)18)14-12(16)7-10-8(2)15-19-9(10)3/h11H,4-7H2,1-3H3,(H,14,16)(H,17,18)/t11-/m1/s1. The molecule has 0 saturated heterocycles. The molecule has 19 heavy (non-hydrogen) atoms. The molecule has 0 aliphatic rings. The Kier molecular flexibility index (Phi) is 5.54. The molecule has 0 bridgehead atoms. The minimum absolute atomic E-state index is 0.0943. The maximum absolute atomic E-state index is 11.8. The van der Waals surface area contributed by atoms with Crippen LogP contribution in [0, 0.1) is 13.8 Å². The van der Waals surface area contributed by atoms with Crippen molar-refractivity contribution in [3.8, 4) is 0 Å². The van der Waals surface area contributed by atoms with E-state index in [9.17, 15) is 9.59 Å². The van der Waals surface area contributed by atoms with Crippen molar-refractivity contribution in [1.82, 2.24) is 10.5 Å². The van der Waals surface area contributed by atoms with Crippen LogP contribution in [0.3, 0.4) is 0 Å². The number of nitrogens with one attached hydrogen (secondary N) is 1. The van der Waals surface area contributed by atoms with Gasteiger partial charge in [0.15, 0.2) is 0 Å². The van der Waals surface area contributed by atoms with Gasteiger partial charge in [-0.1, -0.05) is 24.9 Å². The van der Waals surface area contributed by atoms with Crippen LogP contribution in [0.4, 0.5) is 0 Å². The zero-order valence-corrected chi connectivity index (χ0v) is 11.5. The van der Waals surface area contributed by atoms with Gasteiger partial charge in [-0.05, 0) is 20.3 Å². The molecule has 1 heterocycles. The van der Waals surface area contributed by atoms with Crippen molar-refractivity contribution in [3.05, 3.63) is 17.0 Å². The van der Waals surface area contributed by atoms with Gasteiger partial charge in [0, 0.05) is 5.56 Å². The van der Waals surface area contributed by atoms with E-state index in [0.29, 0.717) is 17.9 Å². The van der Waals surface area contributed by atoms with Crippen LogP contribution in [-0.2, 0) is 16.0 Å². The average molecular weight is 268 g/mol. The first-order chi connectivity index (χ1) is 8.95. The highest BCUT2D eigenvalue weighted by Crippen LogP contribution is 2.13. The van der Waals surface area contributed by atoms with Gasteiger partial charge < -0.3 is 14.9 Å². The number of carboxylic acids is 1. The molecule has 0 aliphatic carbocycles. The molecule has 106 valence electrons. The number of hydrogen-bond acceptors (Lipinski definition) is 4. The second-order valence-electron chi connectivity index (χ2n) is 4.58. The topological polar surface area (TPSA) is 92.4 Å². The first kappa shape index (κ1) is 15.2. The van der Waals surface area contributed by atoms with E-state index in [1.165, 1.54) is 0 Å². The van der Waals surface area contributed by atoms with E-state index in [4.69, 9.17) is 9.63 Å². The summed E-state index contributed by atoms with van der Waals surface area (Å²) < 4.78 is 4.97. The van der Waals surface area contributed by atoms with E-state index in [2.05, 4.69) is 10.5 Å². The Labute approximate surface area is 112 Å². The molecule has 0 unspecified atom stereocenters. The Morgan fingerprint density at radius 1 is 1.42 bits per heavy atom. The molecule has 6 nitrogen and oxygen atoms in total. The number of aliphatic carboxylic acids is 1. The van der Waals surface area contributed by atoms with E-state index in [0.717, 1.165) is 18.4 Å². The lowest BCUT2D eigenvalue weighted by atomic mass is 10.1. The molecule has 2 N–H and O–H groups in total. The fourth-order valence-electron chi connectivity index (χ4n) is 1.83. The average Bonchev–Trinajstić information content (AvgIpc) is 2.66. The molecule has 0 radical (unpaired) electrons. The maximum atomic E-state index is 11.8. The normalized spacial score (nSPS) is 12.2. The molecule has 6 heteroatoms. The Balaban J connectivity index is 2.60. The molecule has 0 fully saturated rings. The van der Waals surface area contributed by atoms with Gasteiger partial charge in [0.1, 0.15) is 11.8 Å². The van der Waals surface area contributed by atoms with Crippen LogP contribution >= 0.6 is 0 Å². The number of hydrogen-bond donors (Lipinski definition) is 2. The van der Waals surface area contributed by atoms with E-state index in [1.54, 1.807) is 13.8 Å². The van der Waals surface area contributed by atoms with Gasteiger partial charge in [0.25, 0.3) is 0 Å². The van der Waals surface area contributed by atoms with Crippen LogP contribution in [0.1, 0.15) is 43.2 Å². The number of aromatic nitrogens is 1. The summed E-state index contributed by atoms with van der Waals surface area (Å²) in [4.78, 5) is 22.9. The molecule has 1 rings (SSSR count). The Morgan fingerprint density at radius 2 is 2.11 bits per heavy atom. The third kappa shape index (κ3) is 4.39. The molecule has 1 aromatic rings. The summed E-state index contributed by atoms with van der Waals surface area (Å²) in [5.74, 6) is -0.730. The summed E-state index contributed by atoms with van der Waals surface area (Å²) in [5.41, 5.74) is 1.38. The van der Waals surface area contributed by atoms with Crippen LogP contribution < -0.4 is 5.32 Å². The molecular formula is C13H20N2O4. The van der Waals surface area contributed by atoms with Gasteiger partial charge in [0.05, 0.1) is 12.1 Å². The third-order valence-electron chi connectivity index (χ3n) is 3.00. The van der Waals surface area contributed by atoms with Gasteiger partial charge in [0.2, 0.25) is 5.91 Å². The molecule has 1 amide bonds. The summed E-state index contributed by atoms with van der Waals surface area (Å²) >= 11 is 0. The fraction of sp³-hybridized carbons (Fsp3) is 0.615. The Bertz CT molecular complexity index is 434. The summed E-state index contributed by atoms with van der Waals surface area (Å²) in [6, 6.07) is -0.826. The number of carboxylic acid groups (broad SMARTS) is 1. The smallest absolute Gasteiger partial charge is 0.326 e. The first-order valence-corrected chi connectivity index (χ1v) is 6.39. The molecule has 0 aromatic carbocycles. The number of carbonyl (C=O) groups is 2. The fourth-order valence-corrected chi connectivity index (χ4v) is 1.83. The number of aryl methyl sites for hydroxylation is 2. The van der Waals surface area contributed by atoms with Gasteiger partial charge in [-0.25, -0.2) is 4.79 Å². The van der Waals surface area contributed by atoms with Crippen molar-refractivity contribution < 1.29 is 19.2 Å². The van der Waals surface area contributed by atoms with Gasteiger partial charge in [-0.2, -0.15) is 0 Å². The maximum Gasteiger partial charge on any atom is 0.326 e. The summed E-state index contributed by atoms with van der Waals surface area (Å²) in [5, 5.41) is 15.3. The minimum Gasteiger partial charge on any atom is -0.480 e. The molecule has 0 spiro atoms. The third-order valence-corrected chi connectivity index (χ3v) is 3.00. The lowest BCUT2D eigenvalue weighted by Crippen LogP contribution is -2.41. The monoisotopic (exact) mass is 268 g/mol. The SMILES string of the molecule is CCCC[C@@H](NC(=O)Cc1c(C)noc1C)C(=O)O. The van der Waals surface area contributed by atoms with Gasteiger partial charge in [-0.3, -0.25) is 4.79 Å². The highest BCUT2D eigenvalue weighted by atomic mass is 16.5. The number of unbranched alkanes of at least 4 members (excludes halogenated alkanes) is 1. The molecular weight excluding hydrogens is 248 g/mol. The molecule has 1 aromatic heterocycles. The zero-order valence-electron chi connectivity index (χ0n) is 11.5. The second-order valence-corrected chi connectivity index (χ2v) is 4.58. The van der Waals surface area contributed by atoms with Crippen molar-refractivity contribution in [2.24, 2.45) is 0 Å². The van der Waals surface area contributed by atoms with Crippen LogP contribution in [-0.4, -0.2) is 28.2 Å². The second kappa shape index (κ2) is 6.92. The van der Waals surface area contributed by atoms with Crippen LogP contribution in [0.15, 0.2) is 4.52 Å². The van der Waals surface area contributed by atoms with Crippen molar-refractivity contribution in [3.63, 3.8) is 0 Å². The molecule has 1 atom stereocenters. The number of carbonyl (C=O) groups excluding carboxylic acids is 1. The van der Waals surface area contributed by atoms with Crippen LogP contribution in [0.2, 0.25) is 0 Å². The van der Waals surface area contributed by atoms with Gasteiger partial charge in [-0.15, -0.1) is 0 Å². The highest BCUT2D eigenvalue weighted by molar-refractivity contribution is 5.85. The lowest BCUT2D eigenvalue weighted by molar-refractivity contribution is -0.142. The number of rotatable bonds is 7.